The molecule has 3 aromatic heterocycles. The van der Waals surface area contributed by atoms with Gasteiger partial charge in [-0.25, -0.2) is 4.98 Å². The topological polar surface area (TPSA) is 88.9 Å². The number of pyridine rings is 1. The summed E-state index contributed by atoms with van der Waals surface area (Å²) >= 11 is 1.34. The van der Waals surface area contributed by atoms with Crippen molar-refractivity contribution in [2.24, 2.45) is 0 Å². The number of hydrogen-bond donors (Lipinski definition) is 2. The quantitative estimate of drug-likeness (QED) is 0.409. The molecule has 4 aromatic rings. The zero-order valence-electron chi connectivity index (χ0n) is 18.6. The summed E-state index contributed by atoms with van der Waals surface area (Å²) in [6.45, 7) is 5.63. The van der Waals surface area contributed by atoms with Gasteiger partial charge in [0.25, 0.3) is 5.91 Å². The van der Waals surface area contributed by atoms with Crippen LogP contribution in [0.5, 0.6) is 0 Å². The second-order valence-corrected chi connectivity index (χ2v) is 8.43. The van der Waals surface area contributed by atoms with Crippen molar-refractivity contribution in [1.29, 1.82) is 0 Å². The minimum Gasteiger partial charge on any atom is -0.400 e. The zero-order valence-corrected chi connectivity index (χ0v) is 19.4. The number of nitrogens with zero attached hydrogens (tertiary/aromatic N) is 3. The van der Waals surface area contributed by atoms with Gasteiger partial charge in [0.2, 0.25) is 13.3 Å². The highest BCUT2D eigenvalue weighted by molar-refractivity contribution is 7.14. The minimum absolute atomic E-state index is 0.134. The number of rotatable bonds is 7. The van der Waals surface area contributed by atoms with E-state index in [0.29, 0.717) is 10.7 Å². The summed E-state index contributed by atoms with van der Waals surface area (Å²) in [4.78, 5) is 33.4. The molecule has 1 aromatic carbocycles. The van der Waals surface area contributed by atoms with Gasteiger partial charge in [0.15, 0.2) is 5.13 Å². The standard InChI is InChI=1S/C24H23BN5O2S/c1-15-9-18(7-8-26-15)17-5-4-6-19(11-17)21-14-33-24(28-21)29-22(31)12-27-23(32)20-10-16(2)30(13-20)25-3/h4-11,13-14H,12H2,1-3H3,(H,27,32)(H,28,29,31). The van der Waals surface area contributed by atoms with E-state index in [1.807, 2.05) is 68.3 Å². The molecule has 0 aliphatic rings. The van der Waals surface area contributed by atoms with Crippen LogP contribution in [0.1, 0.15) is 21.7 Å². The molecule has 33 heavy (non-hydrogen) atoms. The Kier molecular flexibility index (Phi) is 6.70. The van der Waals surface area contributed by atoms with Crippen molar-refractivity contribution in [2.75, 3.05) is 11.9 Å². The number of anilines is 1. The Balaban J connectivity index is 1.38. The van der Waals surface area contributed by atoms with E-state index < -0.39 is 0 Å². The lowest BCUT2D eigenvalue weighted by molar-refractivity contribution is -0.115. The van der Waals surface area contributed by atoms with Crippen LogP contribution in [0.15, 0.2) is 60.2 Å². The Hall–Kier alpha value is -3.72. The van der Waals surface area contributed by atoms with E-state index in [9.17, 15) is 9.59 Å². The third kappa shape index (κ3) is 5.38. The first-order valence-electron chi connectivity index (χ1n) is 10.5. The molecule has 4 rings (SSSR count). The van der Waals surface area contributed by atoms with Crippen LogP contribution in [0.3, 0.4) is 0 Å². The Morgan fingerprint density at radius 2 is 1.88 bits per heavy atom. The molecule has 3 heterocycles. The molecule has 0 bridgehead atoms. The third-order valence-electron chi connectivity index (χ3n) is 5.14. The molecule has 0 spiro atoms. The molecule has 0 fully saturated rings. The molecular weight excluding hydrogens is 433 g/mol. The van der Waals surface area contributed by atoms with Gasteiger partial charge < -0.3 is 15.1 Å². The lowest BCUT2D eigenvalue weighted by Crippen LogP contribution is -2.32. The van der Waals surface area contributed by atoms with Gasteiger partial charge in [-0.2, -0.15) is 0 Å². The molecule has 0 saturated heterocycles. The maximum Gasteiger partial charge on any atom is 0.253 e. The van der Waals surface area contributed by atoms with Crippen molar-refractivity contribution in [3.8, 4) is 22.4 Å². The van der Waals surface area contributed by atoms with Crippen molar-refractivity contribution < 1.29 is 9.59 Å². The van der Waals surface area contributed by atoms with Crippen molar-refractivity contribution >= 4 is 35.7 Å². The second-order valence-electron chi connectivity index (χ2n) is 7.57. The van der Waals surface area contributed by atoms with Crippen LogP contribution in [-0.2, 0) is 4.79 Å². The number of thiazole rings is 1. The Morgan fingerprint density at radius 1 is 1.09 bits per heavy atom. The summed E-state index contributed by atoms with van der Waals surface area (Å²) in [6.07, 6.45) is 3.53. The molecule has 0 aliphatic heterocycles. The predicted molar refractivity (Wildman–Crippen MR) is 133 cm³/mol. The number of aromatic nitrogens is 3. The van der Waals surface area contributed by atoms with Gasteiger partial charge in [0, 0.05) is 34.7 Å². The first-order chi connectivity index (χ1) is 15.9. The zero-order chi connectivity index (χ0) is 23.4. The maximum atomic E-state index is 12.3. The first-order valence-corrected chi connectivity index (χ1v) is 11.4. The monoisotopic (exact) mass is 456 g/mol. The lowest BCUT2D eigenvalue weighted by atomic mass is 9.99. The summed E-state index contributed by atoms with van der Waals surface area (Å²) in [5.41, 5.74) is 6.32. The van der Waals surface area contributed by atoms with Crippen LogP contribution < -0.4 is 10.6 Å². The van der Waals surface area contributed by atoms with E-state index >= 15 is 0 Å². The number of aryl methyl sites for hydroxylation is 2. The van der Waals surface area contributed by atoms with E-state index in [2.05, 4.69) is 26.7 Å². The van der Waals surface area contributed by atoms with Crippen LogP contribution in [-0.4, -0.2) is 40.2 Å². The second kappa shape index (κ2) is 9.83. The predicted octanol–water partition coefficient (Wildman–Crippen LogP) is 4.17. The fraction of sp³-hybridized carbons (Fsp3) is 0.167. The third-order valence-corrected chi connectivity index (χ3v) is 5.90. The molecule has 1 radical (unpaired) electrons. The molecule has 0 atom stereocenters. The molecule has 0 aliphatic carbocycles. The molecule has 2 N–H and O–H groups in total. The number of carbonyl (C=O) groups excluding carboxylic acids is 2. The SMILES string of the molecule is C[B]n1cc(C(=O)NCC(=O)Nc2nc(-c3cccc(-c4ccnc(C)c4)c3)cs2)cc1C. The average Bonchev–Trinajstić information content (AvgIpc) is 3.44. The van der Waals surface area contributed by atoms with Crippen LogP contribution in [0.4, 0.5) is 5.13 Å². The molecular formula is C24H23BN5O2S. The fourth-order valence-electron chi connectivity index (χ4n) is 3.46. The number of hydrogen-bond acceptors (Lipinski definition) is 5. The number of benzene rings is 1. The highest BCUT2D eigenvalue weighted by atomic mass is 32.1. The van der Waals surface area contributed by atoms with Gasteiger partial charge >= 0.3 is 0 Å². The number of nitrogens with one attached hydrogen (secondary N) is 2. The van der Waals surface area contributed by atoms with E-state index in [1.165, 1.54) is 11.3 Å². The molecule has 0 saturated carbocycles. The van der Waals surface area contributed by atoms with Crippen LogP contribution in [0.2, 0.25) is 6.82 Å². The van der Waals surface area contributed by atoms with Crippen molar-refractivity contribution in [3.05, 3.63) is 77.2 Å². The van der Waals surface area contributed by atoms with Gasteiger partial charge in [0.05, 0.1) is 17.8 Å². The summed E-state index contributed by atoms with van der Waals surface area (Å²) in [5.74, 6) is -0.625. The number of amides is 2. The van der Waals surface area contributed by atoms with Crippen LogP contribution in [0, 0.1) is 13.8 Å². The van der Waals surface area contributed by atoms with Crippen LogP contribution >= 0.6 is 11.3 Å². The minimum atomic E-state index is -0.330. The Bertz CT molecular complexity index is 1310. The Morgan fingerprint density at radius 3 is 2.64 bits per heavy atom. The van der Waals surface area contributed by atoms with Gasteiger partial charge in [-0.1, -0.05) is 25.0 Å². The average molecular weight is 456 g/mol. The van der Waals surface area contributed by atoms with Gasteiger partial charge in [-0.15, -0.1) is 11.3 Å². The number of carbonyl (C=O) groups is 2. The highest BCUT2D eigenvalue weighted by Gasteiger charge is 2.13. The fourth-order valence-corrected chi connectivity index (χ4v) is 4.20. The maximum absolute atomic E-state index is 12.3. The molecule has 7 nitrogen and oxygen atoms in total. The smallest absolute Gasteiger partial charge is 0.253 e. The molecule has 9 heteroatoms. The summed E-state index contributed by atoms with van der Waals surface area (Å²) in [7, 11) is 1.87. The summed E-state index contributed by atoms with van der Waals surface area (Å²) in [5, 5.41) is 7.78. The Labute approximate surface area is 197 Å². The molecule has 165 valence electrons. The van der Waals surface area contributed by atoms with Gasteiger partial charge in [0.1, 0.15) is 0 Å². The van der Waals surface area contributed by atoms with E-state index in [1.54, 1.807) is 18.5 Å². The van der Waals surface area contributed by atoms with E-state index in [-0.39, 0.29) is 18.4 Å². The van der Waals surface area contributed by atoms with Crippen molar-refractivity contribution in [3.63, 3.8) is 0 Å². The molecule has 0 unspecified atom stereocenters. The summed E-state index contributed by atoms with van der Waals surface area (Å²) < 4.78 is 1.86. The van der Waals surface area contributed by atoms with Gasteiger partial charge in [-0.05, 0) is 49.2 Å². The van der Waals surface area contributed by atoms with Crippen molar-refractivity contribution in [1.82, 2.24) is 19.8 Å². The van der Waals surface area contributed by atoms with E-state index in [4.69, 9.17) is 0 Å². The molecule has 2 amide bonds. The van der Waals surface area contributed by atoms with E-state index in [0.717, 1.165) is 33.8 Å². The lowest BCUT2D eigenvalue weighted by Gasteiger charge is -2.05. The summed E-state index contributed by atoms with van der Waals surface area (Å²) in [6, 6.07) is 13.9. The normalized spacial score (nSPS) is 10.6. The largest absolute Gasteiger partial charge is 0.400 e. The van der Waals surface area contributed by atoms with Crippen molar-refractivity contribution in [2.45, 2.75) is 20.7 Å². The van der Waals surface area contributed by atoms with Gasteiger partial charge in [-0.3, -0.25) is 14.6 Å². The first kappa shape index (κ1) is 22.5. The highest BCUT2D eigenvalue weighted by Crippen LogP contribution is 2.29. The van der Waals surface area contributed by atoms with Crippen LogP contribution in [0.25, 0.3) is 22.4 Å².